The third-order valence-electron chi connectivity index (χ3n) is 10.8. The van der Waals surface area contributed by atoms with Crippen LogP contribution in [0.5, 0.6) is 0 Å². The summed E-state index contributed by atoms with van der Waals surface area (Å²) in [5.41, 5.74) is 0.0625. The van der Waals surface area contributed by atoms with Crippen molar-refractivity contribution in [3.05, 3.63) is 96.1 Å². The Kier molecular flexibility index (Phi) is 9.20. The van der Waals surface area contributed by atoms with Crippen molar-refractivity contribution in [3.63, 3.8) is 0 Å². The number of ether oxygens (including phenoxy) is 2. The van der Waals surface area contributed by atoms with Crippen LogP contribution in [0.3, 0.4) is 0 Å². The quantitative estimate of drug-likeness (QED) is 0.372. The minimum atomic E-state index is -1.39. The van der Waals surface area contributed by atoms with Crippen LogP contribution in [0.15, 0.2) is 85.0 Å². The van der Waals surface area contributed by atoms with Gasteiger partial charge in [-0.15, -0.1) is 0 Å². The second kappa shape index (κ2) is 13.7. The topological polar surface area (TPSA) is 125 Å². The smallest absolute Gasteiger partial charge is 0.306 e. The van der Waals surface area contributed by atoms with E-state index in [0.717, 1.165) is 37.7 Å². The third kappa shape index (κ3) is 5.75. The number of aliphatic hydroxyl groups excluding tert-OH is 1. The first kappa shape index (κ1) is 32.3. The van der Waals surface area contributed by atoms with Crippen molar-refractivity contribution in [2.75, 3.05) is 19.8 Å². The molecule has 5 bridgehead atoms. The van der Waals surface area contributed by atoms with Crippen LogP contribution in [0.1, 0.15) is 68.2 Å². The number of hydrogen-bond donors (Lipinski definition) is 2. The number of allylic oxidation sites excluding steroid dienone is 1. The molecular weight excluding hydrogens is 610 g/mol. The van der Waals surface area contributed by atoms with E-state index in [2.05, 4.69) is 5.32 Å². The lowest BCUT2D eigenvalue weighted by atomic mass is 9.74. The van der Waals surface area contributed by atoms with Crippen LogP contribution in [-0.2, 0) is 28.7 Å². The number of nitrogens with zero attached hydrogens (tertiary/aromatic N) is 2. The van der Waals surface area contributed by atoms with E-state index in [4.69, 9.17) is 9.47 Å². The molecule has 252 valence electrons. The Morgan fingerprint density at radius 1 is 0.917 bits per heavy atom. The molecular formula is C38H43N3O7. The maximum atomic E-state index is 15.1. The molecule has 2 aromatic rings. The van der Waals surface area contributed by atoms with Gasteiger partial charge in [0.25, 0.3) is 0 Å². The molecule has 2 aromatic carbocycles. The van der Waals surface area contributed by atoms with Crippen molar-refractivity contribution >= 4 is 23.7 Å². The van der Waals surface area contributed by atoms with Gasteiger partial charge in [0, 0.05) is 19.0 Å². The molecule has 0 aromatic heterocycles. The van der Waals surface area contributed by atoms with Gasteiger partial charge in [-0.2, -0.15) is 0 Å². The summed E-state index contributed by atoms with van der Waals surface area (Å²) >= 11 is 0. The number of likely N-dealkylation sites (tertiary alicyclic amines) is 1. The Balaban J connectivity index is 1.33. The van der Waals surface area contributed by atoms with Gasteiger partial charge in [0.1, 0.15) is 18.2 Å². The van der Waals surface area contributed by atoms with Gasteiger partial charge in [0.15, 0.2) is 0 Å². The molecule has 1 aliphatic carbocycles. The molecule has 3 fully saturated rings. The second-order valence-corrected chi connectivity index (χ2v) is 13.5. The molecule has 7 atom stereocenters. The van der Waals surface area contributed by atoms with E-state index in [1.54, 1.807) is 6.08 Å². The number of hydrogen-bond acceptors (Lipinski definition) is 7. The lowest BCUT2D eigenvalue weighted by Gasteiger charge is -2.42. The Morgan fingerprint density at radius 3 is 2.38 bits per heavy atom. The Labute approximate surface area is 280 Å². The van der Waals surface area contributed by atoms with Crippen LogP contribution < -0.4 is 5.32 Å². The number of rotatable bonds is 5. The lowest BCUT2D eigenvalue weighted by molar-refractivity contribution is -0.152. The highest BCUT2D eigenvalue weighted by Gasteiger charge is 2.74. The van der Waals surface area contributed by atoms with Crippen molar-refractivity contribution in [1.29, 1.82) is 0 Å². The monoisotopic (exact) mass is 653 g/mol. The number of aliphatic hydroxyl groups is 1. The summed E-state index contributed by atoms with van der Waals surface area (Å²) in [4.78, 5) is 60.4. The predicted octanol–water partition coefficient (Wildman–Crippen LogP) is 3.78. The zero-order chi connectivity index (χ0) is 33.3. The number of amides is 3. The maximum absolute atomic E-state index is 15.1. The first-order valence-corrected chi connectivity index (χ1v) is 17.2. The molecule has 10 heteroatoms. The van der Waals surface area contributed by atoms with Gasteiger partial charge in [-0.3, -0.25) is 19.2 Å². The number of fused-ring (bicyclic) bond motifs is 2. The molecule has 48 heavy (non-hydrogen) atoms. The molecule has 5 aliphatic rings. The highest BCUT2D eigenvalue weighted by Crippen LogP contribution is 2.57. The molecule has 0 radical (unpaired) electrons. The van der Waals surface area contributed by atoms with Crippen molar-refractivity contribution < 1.29 is 33.8 Å². The Morgan fingerprint density at radius 2 is 1.65 bits per heavy atom. The van der Waals surface area contributed by atoms with E-state index in [9.17, 15) is 19.5 Å². The molecule has 2 N–H and O–H groups in total. The van der Waals surface area contributed by atoms with Crippen molar-refractivity contribution in [3.8, 4) is 0 Å². The number of cyclic esters (lactones) is 1. The fourth-order valence-electron chi connectivity index (χ4n) is 8.45. The van der Waals surface area contributed by atoms with Gasteiger partial charge in [-0.25, -0.2) is 0 Å². The maximum Gasteiger partial charge on any atom is 0.306 e. The van der Waals surface area contributed by atoms with Crippen LogP contribution in [0.4, 0.5) is 0 Å². The molecule has 1 saturated carbocycles. The Bertz CT molecular complexity index is 1570. The molecule has 7 rings (SSSR count). The normalized spacial score (nSPS) is 32.6. The predicted molar refractivity (Wildman–Crippen MR) is 176 cm³/mol. The summed E-state index contributed by atoms with van der Waals surface area (Å²) in [6, 6.07) is 15.9. The van der Waals surface area contributed by atoms with E-state index in [1.807, 2.05) is 83.8 Å². The minimum absolute atomic E-state index is 0.0343. The third-order valence-corrected chi connectivity index (χ3v) is 10.8. The fraction of sp³-hybridized carbons (Fsp3) is 0.474. The molecule has 10 nitrogen and oxygen atoms in total. The van der Waals surface area contributed by atoms with Crippen molar-refractivity contribution in [2.24, 2.45) is 11.8 Å². The van der Waals surface area contributed by atoms with Gasteiger partial charge in [-0.1, -0.05) is 104 Å². The summed E-state index contributed by atoms with van der Waals surface area (Å²) in [6.45, 7) is -0.170. The SMILES string of the molecule is O=C1CC/C=C\CN(C2CCCCC2)C(=O)[C@@H]2N([C@H](CO)c3ccccc3)C(=O)[C@H]3[C@H](C(=O)N[C@H](c4ccccc4)CO1)[C@@H]1C=C[C@]23O1. The summed E-state index contributed by atoms with van der Waals surface area (Å²) in [7, 11) is 0. The summed E-state index contributed by atoms with van der Waals surface area (Å²) in [5.74, 6) is -3.38. The highest BCUT2D eigenvalue weighted by molar-refractivity contribution is 6.00. The van der Waals surface area contributed by atoms with E-state index >= 15 is 4.79 Å². The zero-order valence-corrected chi connectivity index (χ0v) is 27.0. The first-order chi connectivity index (χ1) is 23.4. The van der Waals surface area contributed by atoms with Gasteiger partial charge >= 0.3 is 5.97 Å². The molecule has 4 aliphatic heterocycles. The number of benzene rings is 2. The van der Waals surface area contributed by atoms with Crippen LogP contribution in [0, 0.1) is 11.8 Å². The van der Waals surface area contributed by atoms with Crippen molar-refractivity contribution in [1.82, 2.24) is 15.1 Å². The van der Waals surface area contributed by atoms with Crippen LogP contribution in [0.2, 0.25) is 0 Å². The van der Waals surface area contributed by atoms with Gasteiger partial charge in [-0.05, 0) is 30.4 Å². The fourth-order valence-corrected chi connectivity index (χ4v) is 8.45. The second-order valence-electron chi connectivity index (χ2n) is 13.5. The van der Waals surface area contributed by atoms with E-state index in [0.29, 0.717) is 18.5 Å². The molecule has 3 amide bonds. The molecule has 4 heterocycles. The summed E-state index contributed by atoms with van der Waals surface area (Å²) in [5, 5.41) is 13.9. The van der Waals surface area contributed by atoms with Crippen LogP contribution >= 0.6 is 0 Å². The van der Waals surface area contributed by atoms with Crippen molar-refractivity contribution in [2.45, 2.75) is 80.8 Å². The van der Waals surface area contributed by atoms with Crippen LogP contribution in [0.25, 0.3) is 0 Å². The largest absolute Gasteiger partial charge is 0.463 e. The number of nitrogens with one attached hydrogen (secondary N) is 1. The van der Waals surface area contributed by atoms with Gasteiger partial charge in [0.05, 0.1) is 36.6 Å². The Hall–Kier alpha value is -4.28. The highest BCUT2D eigenvalue weighted by atomic mass is 16.5. The molecule has 1 spiro atoms. The zero-order valence-electron chi connectivity index (χ0n) is 27.0. The van der Waals surface area contributed by atoms with E-state index < -0.39 is 60.1 Å². The molecule has 0 unspecified atom stereocenters. The minimum Gasteiger partial charge on any atom is -0.463 e. The molecule has 2 saturated heterocycles. The average Bonchev–Trinajstić information content (AvgIpc) is 3.76. The van der Waals surface area contributed by atoms with Gasteiger partial charge in [0.2, 0.25) is 17.7 Å². The number of carbonyl (C=O) groups is 4. The summed E-state index contributed by atoms with van der Waals surface area (Å²) < 4.78 is 12.3. The lowest BCUT2D eigenvalue weighted by Crippen LogP contribution is -2.58. The van der Waals surface area contributed by atoms with E-state index in [1.165, 1.54) is 4.90 Å². The van der Waals surface area contributed by atoms with Crippen LogP contribution in [-0.4, -0.2) is 82.1 Å². The number of esters is 1. The van der Waals surface area contributed by atoms with Gasteiger partial charge < -0.3 is 29.7 Å². The van der Waals surface area contributed by atoms with E-state index in [-0.39, 0.29) is 30.9 Å². The standard InChI is InChI=1S/C38H43N3O7/c42-23-29(26-15-7-2-8-16-26)41-34-37(46)40(27-17-9-3-10-18-27)22-12-4-11-19-31(43)47-24-28(25-13-5-1-6-14-25)39-35(44)32-30-20-21-38(34,48-30)33(32)36(41)45/h1-2,4-8,12-16,20-21,27-30,32-34,42H,3,9-11,17-19,22-24H2,(H,39,44)/b12-4-/t28-,29+,30-,32+,33+,34-,38+/m0/s1. The first-order valence-electron chi connectivity index (χ1n) is 17.2. The number of carbonyl (C=O) groups excluding carboxylic acids is 4. The summed E-state index contributed by atoms with van der Waals surface area (Å²) in [6.07, 6.45) is 12.1. The average molecular weight is 654 g/mol.